The smallest absolute Gasteiger partial charge is 0.212 e. The second-order valence-corrected chi connectivity index (χ2v) is 7.74. The molecule has 0 aliphatic heterocycles. The second kappa shape index (κ2) is 6.96. The van der Waals surface area contributed by atoms with Gasteiger partial charge in [0.05, 0.1) is 15.8 Å². The third-order valence-corrected chi connectivity index (χ3v) is 5.67. The maximum atomic E-state index is 13.6. The summed E-state index contributed by atoms with van der Waals surface area (Å²) in [5.74, 6) is -0.659. The molecule has 0 aliphatic rings. The highest BCUT2D eigenvalue weighted by Gasteiger charge is 2.20. The van der Waals surface area contributed by atoms with Crippen LogP contribution in [0, 0.1) is 5.82 Å². The van der Waals surface area contributed by atoms with Gasteiger partial charge < -0.3 is 0 Å². The molecule has 7 heteroatoms. The fourth-order valence-electron chi connectivity index (χ4n) is 1.92. The van der Waals surface area contributed by atoms with Crippen molar-refractivity contribution in [3.05, 3.63) is 69.5 Å². The molecule has 2 rings (SSSR count). The van der Waals surface area contributed by atoms with E-state index in [2.05, 4.69) is 0 Å². The molecular weight excluding hydrogens is 348 g/mol. The average molecular weight is 362 g/mol. The van der Waals surface area contributed by atoms with Gasteiger partial charge >= 0.3 is 0 Å². The van der Waals surface area contributed by atoms with Crippen LogP contribution < -0.4 is 0 Å². The zero-order chi connectivity index (χ0) is 16.3. The molecule has 0 spiro atoms. The van der Waals surface area contributed by atoms with Gasteiger partial charge in [-0.05, 0) is 23.8 Å². The van der Waals surface area contributed by atoms with E-state index < -0.39 is 15.8 Å². The standard InChI is InChI=1S/C15H14Cl2FNO2S/c1-19(9-12-4-2-3-5-15(12)18)22(20,21)10-11-6-7-13(16)14(17)8-11/h2-8H,9-10H2,1H3. The van der Waals surface area contributed by atoms with E-state index in [-0.39, 0.29) is 12.3 Å². The van der Waals surface area contributed by atoms with Crippen LogP contribution in [0.25, 0.3) is 0 Å². The van der Waals surface area contributed by atoms with Crippen molar-refractivity contribution >= 4 is 33.2 Å². The van der Waals surface area contributed by atoms with Gasteiger partial charge in [-0.2, -0.15) is 0 Å². The van der Waals surface area contributed by atoms with E-state index in [1.807, 2.05) is 0 Å². The number of nitrogens with zero attached hydrogens (tertiary/aromatic N) is 1. The van der Waals surface area contributed by atoms with Gasteiger partial charge in [-0.15, -0.1) is 0 Å². The predicted molar refractivity (Wildman–Crippen MR) is 87.0 cm³/mol. The van der Waals surface area contributed by atoms with Crippen molar-refractivity contribution in [2.24, 2.45) is 0 Å². The molecule has 118 valence electrons. The Morgan fingerprint density at radius 1 is 1.09 bits per heavy atom. The second-order valence-electron chi connectivity index (χ2n) is 4.85. The first-order valence-electron chi connectivity index (χ1n) is 6.41. The summed E-state index contributed by atoms with van der Waals surface area (Å²) in [4.78, 5) is 0. The minimum atomic E-state index is -3.59. The number of hydrogen-bond acceptors (Lipinski definition) is 2. The number of halogens is 3. The lowest BCUT2D eigenvalue weighted by Gasteiger charge is -2.17. The molecular formula is C15H14Cl2FNO2S. The lowest BCUT2D eigenvalue weighted by Crippen LogP contribution is -2.28. The van der Waals surface area contributed by atoms with Gasteiger partial charge in [-0.25, -0.2) is 17.1 Å². The lowest BCUT2D eigenvalue weighted by molar-refractivity contribution is 0.455. The zero-order valence-electron chi connectivity index (χ0n) is 11.8. The third-order valence-electron chi connectivity index (χ3n) is 3.16. The molecule has 0 amide bonds. The Bertz CT molecular complexity index is 781. The van der Waals surface area contributed by atoms with Crippen molar-refractivity contribution in [3.63, 3.8) is 0 Å². The van der Waals surface area contributed by atoms with E-state index in [1.165, 1.54) is 19.2 Å². The molecule has 0 aliphatic carbocycles. The van der Waals surface area contributed by atoms with Gasteiger partial charge in [-0.3, -0.25) is 0 Å². The molecule has 2 aromatic rings. The Hall–Kier alpha value is -1.14. The monoisotopic (exact) mass is 361 g/mol. The first-order chi connectivity index (χ1) is 10.3. The first kappa shape index (κ1) is 17.2. The SMILES string of the molecule is CN(Cc1ccccc1F)S(=O)(=O)Cc1ccc(Cl)c(Cl)c1. The minimum Gasteiger partial charge on any atom is -0.212 e. The number of hydrogen-bond donors (Lipinski definition) is 0. The fourth-order valence-corrected chi connectivity index (χ4v) is 3.39. The Kier molecular flexibility index (Phi) is 5.45. The van der Waals surface area contributed by atoms with Crippen molar-refractivity contribution in [2.75, 3.05) is 7.05 Å². The van der Waals surface area contributed by atoms with Crippen molar-refractivity contribution in [2.45, 2.75) is 12.3 Å². The van der Waals surface area contributed by atoms with Gasteiger partial charge in [0, 0.05) is 19.2 Å². The van der Waals surface area contributed by atoms with Crippen molar-refractivity contribution < 1.29 is 12.8 Å². The van der Waals surface area contributed by atoms with Crippen LogP contribution in [0.2, 0.25) is 10.0 Å². The van der Waals surface area contributed by atoms with E-state index in [0.717, 1.165) is 4.31 Å². The molecule has 0 saturated heterocycles. The molecule has 0 N–H and O–H groups in total. The highest BCUT2D eigenvalue weighted by Crippen LogP contribution is 2.24. The van der Waals surface area contributed by atoms with Gasteiger partial charge in [0.1, 0.15) is 5.82 Å². The zero-order valence-corrected chi connectivity index (χ0v) is 14.1. The molecule has 0 radical (unpaired) electrons. The summed E-state index contributed by atoms with van der Waals surface area (Å²) in [6.45, 7) is -0.0314. The van der Waals surface area contributed by atoms with Crippen LogP contribution in [0.15, 0.2) is 42.5 Å². The maximum absolute atomic E-state index is 13.6. The molecule has 0 unspecified atom stereocenters. The Labute approximate surface area is 139 Å². The van der Waals surface area contributed by atoms with Crippen molar-refractivity contribution in [3.8, 4) is 0 Å². The topological polar surface area (TPSA) is 37.4 Å². The van der Waals surface area contributed by atoms with Crippen LogP contribution in [-0.4, -0.2) is 19.8 Å². The summed E-state index contributed by atoms with van der Waals surface area (Å²) >= 11 is 11.7. The molecule has 0 fully saturated rings. The molecule has 22 heavy (non-hydrogen) atoms. The highest BCUT2D eigenvalue weighted by molar-refractivity contribution is 7.88. The minimum absolute atomic E-state index is 0.0314. The van der Waals surface area contributed by atoms with Crippen LogP contribution in [0.1, 0.15) is 11.1 Å². The van der Waals surface area contributed by atoms with E-state index >= 15 is 0 Å². The summed E-state index contributed by atoms with van der Waals surface area (Å²) in [5, 5.41) is 0.661. The van der Waals surface area contributed by atoms with E-state index in [4.69, 9.17) is 23.2 Å². The molecule has 2 aromatic carbocycles. The van der Waals surface area contributed by atoms with Gasteiger partial charge in [0.15, 0.2) is 0 Å². The van der Waals surface area contributed by atoms with Gasteiger partial charge in [0.25, 0.3) is 0 Å². The van der Waals surface area contributed by atoms with E-state index in [1.54, 1.807) is 30.3 Å². The highest BCUT2D eigenvalue weighted by atomic mass is 35.5. The average Bonchev–Trinajstić information content (AvgIpc) is 2.45. The van der Waals surface area contributed by atoms with E-state index in [0.29, 0.717) is 21.2 Å². The number of sulfonamides is 1. The summed E-state index contributed by atoms with van der Waals surface area (Å²) in [5.41, 5.74) is 0.845. The predicted octanol–water partition coefficient (Wildman–Crippen LogP) is 4.09. The number of rotatable bonds is 5. The third kappa shape index (κ3) is 4.20. The molecule has 0 atom stereocenters. The molecule has 0 saturated carbocycles. The normalized spacial score (nSPS) is 11.9. The molecule has 0 bridgehead atoms. The molecule has 0 heterocycles. The Morgan fingerprint density at radius 3 is 2.41 bits per heavy atom. The lowest BCUT2D eigenvalue weighted by atomic mass is 10.2. The van der Waals surface area contributed by atoms with E-state index in [9.17, 15) is 12.8 Å². The van der Waals surface area contributed by atoms with Gasteiger partial charge in [-0.1, -0.05) is 47.5 Å². The van der Waals surface area contributed by atoms with Crippen molar-refractivity contribution in [1.29, 1.82) is 0 Å². The Morgan fingerprint density at radius 2 is 1.77 bits per heavy atom. The summed E-state index contributed by atoms with van der Waals surface area (Å²) in [6, 6.07) is 10.7. The van der Waals surface area contributed by atoms with Gasteiger partial charge in [0.2, 0.25) is 10.0 Å². The quantitative estimate of drug-likeness (QED) is 0.803. The van der Waals surface area contributed by atoms with Crippen LogP contribution in [0.5, 0.6) is 0 Å². The maximum Gasteiger partial charge on any atom is 0.218 e. The number of benzene rings is 2. The largest absolute Gasteiger partial charge is 0.218 e. The molecule has 0 aromatic heterocycles. The summed E-state index contributed by atoms with van der Waals surface area (Å²) in [6.07, 6.45) is 0. The van der Waals surface area contributed by atoms with Crippen LogP contribution in [0.3, 0.4) is 0 Å². The van der Waals surface area contributed by atoms with Crippen molar-refractivity contribution in [1.82, 2.24) is 4.31 Å². The van der Waals surface area contributed by atoms with Crippen LogP contribution >= 0.6 is 23.2 Å². The summed E-state index contributed by atoms with van der Waals surface area (Å²) in [7, 11) is -2.18. The molecule has 3 nitrogen and oxygen atoms in total. The van der Waals surface area contributed by atoms with Crippen LogP contribution in [0.4, 0.5) is 4.39 Å². The van der Waals surface area contributed by atoms with Crippen LogP contribution in [-0.2, 0) is 22.3 Å². The first-order valence-corrected chi connectivity index (χ1v) is 8.77. The summed E-state index contributed by atoms with van der Waals surface area (Å²) < 4.78 is 39.4. The fraction of sp³-hybridized carbons (Fsp3) is 0.200. The Balaban J connectivity index is 2.15.